The number of nitrogens with one attached hydrogen (secondary N) is 2. The number of thioether (sulfide) groups is 2. The van der Waals surface area contributed by atoms with Crippen LogP contribution in [0.3, 0.4) is 0 Å². The lowest BCUT2D eigenvalue weighted by atomic mass is 9.96. The number of hydrogen-bond donors (Lipinski definition) is 3. The van der Waals surface area contributed by atoms with Gasteiger partial charge in [0.05, 0.1) is 6.04 Å². The summed E-state index contributed by atoms with van der Waals surface area (Å²) in [7, 11) is 1.59. The van der Waals surface area contributed by atoms with Gasteiger partial charge in [0.15, 0.2) is 17.5 Å². The zero-order valence-corrected chi connectivity index (χ0v) is 23.6. The van der Waals surface area contributed by atoms with Crippen LogP contribution in [-0.4, -0.2) is 53.1 Å². The van der Waals surface area contributed by atoms with Gasteiger partial charge in [-0.15, -0.1) is 11.8 Å². The van der Waals surface area contributed by atoms with Crippen molar-refractivity contribution in [2.45, 2.75) is 37.6 Å². The average Bonchev–Trinajstić information content (AvgIpc) is 3.60. The number of aromatic nitrogens is 2. The molecule has 2 aromatic rings. The van der Waals surface area contributed by atoms with Gasteiger partial charge in [-0.25, -0.2) is 13.8 Å². The number of aromatic amines is 1. The van der Waals surface area contributed by atoms with E-state index >= 15 is 0 Å². The topological polar surface area (TPSA) is 94.7 Å². The minimum atomic E-state index is -0.654. The van der Waals surface area contributed by atoms with E-state index < -0.39 is 11.6 Å². The molecule has 2 fully saturated rings. The molecule has 38 heavy (non-hydrogen) atoms. The number of anilines is 2. The Labute approximate surface area is 230 Å². The number of nitrogens with two attached hydrogens (primary N) is 1. The van der Waals surface area contributed by atoms with Gasteiger partial charge in [0.25, 0.3) is 0 Å². The molecule has 0 amide bonds. The molecule has 1 aliphatic heterocycles. The maximum Gasteiger partial charge on any atom is 0.153 e. The predicted octanol–water partition coefficient (Wildman–Crippen LogP) is 5.89. The molecule has 1 saturated heterocycles. The van der Waals surface area contributed by atoms with Crippen molar-refractivity contribution in [3.8, 4) is 0 Å². The standard InChI is InChI=1S/C27H33F2N7S2/c1-15-8-24(35-34-15)33-27(32-17(3)36(4)26-22(28)9-21(37-5)10-23(26)29)25(18-6-7-18)16(2)19(11-30)12-31-20-13-38-14-20/h8-12,18,20H,2,6-7,13-14,30H2,1,3-5H3,(H2,33,34,35)/b19-11+,27-25-,31-12?,32-17+. The summed E-state index contributed by atoms with van der Waals surface area (Å²) >= 11 is 3.14. The number of allylic oxidation sites excluding steroid dienone is 3. The second-order valence-corrected chi connectivity index (χ2v) is 11.3. The predicted molar refractivity (Wildman–Crippen MR) is 157 cm³/mol. The second kappa shape index (κ2) is 12.2. The van der Waals surface area contributed by atoms with Crippen molar-refractivity contribution in [1.29, 1.82) is 0 Å². The number of H-pyrrole nitrogens is 1. The second-order valence-electron chi connectivity index (χ2n) is 9.33. The molecule has 2 aliphatic rings. The Kier molecular flexibility index (Phi) is 8.99. The van der Waals surface area contributed by atoms with Crippen LogP contribution in [0.2, 0.25) is 0 Å². The molecule has 202 valence electrons. The number of benzene rings is 1. The Morgan fingerprint density at radius 1 is 1.29 bits per heavy atom. The molecule has 7 nitrogen and oxygen atoms in total. The van der Waals surface area contributed by atoms with Crippen LogP contribution < -0.4 is 16.0 Å². The van der Waals surface area contributed by atoms with Gasteiger partial charge in [0.1, 0.15) is 17.3 Å². The normalized spacial score (nSPS) is 17.4. The van der Waals surface area contributed by atoms with E-state index in [0.29, 0.717) is 33.5 Å². The van der Waals surface area contributed by atoms with Crippen molar-refractivity contribution in [2.75, 3.05) is 35.0 Å². The van der Waals surface area contributed by atoms with Gasteiger partial charge in [-0.05, 0) is 56.6 Å². The number of aryl methyl sites for hydroxylation is 1. The van der Waals surface area contributed by atoms with Crippen LogP contribution in [0, 0.1) is 24.5 Å². The molecule has 0 unspecified atom stereocenters. The van der Waals surface area contributed by atoms with E-state index in [2.05, 4.69) is 27.1 Å². The SMILES string of the molecule is C=C(/C(C=NC1CSC1)=C/N)/C(=C(\N=C(/C)N(C)c1c(F)cc(SC)cc1F)Nc1cc(C)[nH]n1)C1CC1. The van der Waals surface area contributed by atoms with Gasteiger partial charge < -0.3 is 16.0 Å². The van der Waals surface area contributed by atoms with Crippen LogP contribution in [0.15, 0.2) is 68.4 Å². The van der Waals surface area contributed by atoms with Gasteiger partial charge in [0.2, 0.25) is 0 Å². The third-order valence-electron chi connectivity index (χ3n) is 6.41. The third kappa shape index (κ3) is 6.50. The summed E-state index contributed by atoms with van der Waals surface area (Å²) in [5.74, 6) is 2.36. The highest BCUT2D eigenvalue weighted by molar-refractivity contribution is 8.00. The molecule has 1 aliphatic carbocycles. The molecule has 0 radical (unpaired) electrons. The lowest BCUT2D eigenvalue weighted by Gasteiger charge is -2.23. The molecule has 1 aromatic carbocycles. The summed E-state index contributed by atoms with van der Waals surface area (Å²) in [5.41, 5.74) is 9.02. The lowest BCUT2D eigenvalue weighted by molar-refractivity contribution is 0.579. The lowest BCUT2D eigenvalue weighted by Crippen LogP contribution is -2.26. The molecule has 11 heteroatoms. The van der Waals surface area contributed by atoms with Crippen molar-refractivity contribution in [3.05, 3.63) is 70.8 Å². The quantitative estimate of drug-likeness (QED) is 0.146. The van der Waals surface area contributed by atoms with Crippen molar-refractivity contribution in [3.63, 3.8) is 0 Å². The molecule has 0 bridgehead atoms. The van der Waals surface area contributed by atoms with Crippen LogP contribution in [0.5, 0.6) is 0 Å². The van der Waals surface area contributed by atoms with Crippen LogP contribution >= 0.6 is 23.5 Å². The van der Waals surface area contributed by atoms with Gasteiger partial charge in [-0.2, -0.15) is 16.9 Å². The number of hydrogen-bond acceptors (Lipinski definition) is 7. The Morgan fingerprint density at radius 2 is 1.97 bits per heavy atom. The fraction of sp³-hybridized carbons (Fsp3) is 0.370. The maximum atomic E-state index is 14.9. The van der Waals surface area contributed by atoms with E-state index in [4.69, 9.17) is 10.7 Å². The smallest absolute Gasteiger partial charge is 0.153 e. The van der Waals surface area contributed by atoms with E-state index in [0.717, 1.165) is 35.6 Å². The van der Waals surface area contributed by atoms with Crippen molar-refractivity contribution >= 4 is 47.1 Å². The fourth-order valence-corrected chi connectivity index (χ4v) is 5.03. The Balaban J connectivity index is 1.76. The fourth-order valence-electron chi connectivity index (χ4n) is 3.96. The molecule has 2 heterocycles. The van der Waals surface area contributed by atoms with E-state index in [1.54, 1.807) is 26.4 Å². The van der Waals surface area contributed by atoms with Crippen LogP contribution in [0.4, 0.5) is 20.3 Å². The average molecular weight is 558 g/mol. The highest BCUT2D eigenvalue weighted by Crippen LogP contribution is 2.43. The minimum absolute atomic E-state index is 0.168. The first-order chi connectivity index (χ1) is 18.2. The largest absolute Gasteiger partial charge is 0.404 e. The van der Waals surface area contributed by atoms with E-state index in [1.165, 1.54) is 35.0 Å². The number of halogens is 2. The highest BCUT2D eigenvalue weighted by Gasteiger charge is 2.32. The summed E-state index contributed by atoms with van der Waals surface area (Å²) < 4.78 is 29.8. The molecule has 4 rings (SSSR count). The summed E-state index contributed by atoms with van der Waals surface area (Å²) in [5, 5.41) is 10.5. The third-order valence-corrected chi connectivity index (χ3v) is 8.36. The first kappa shape index (κ1) is 28.0. The Bertz CT molecular complexity index is 1300. The van der Waals surface area contributed by atoms with Crippen molar-refractivity contribution in [2.24, 2.45) is 21.6 Å². The number of rotatable bonds is 10. The van der Waals surface area contributed by atoms with E-state index in [-0.39, 0.29) is 17.6 Å². The molecule has 4 N–H and O–H groups in total. The molecule has 0 atom stereocenters. The van der Waals surface area contributed by atoms with Gasteiger partial charge in [-0.3, -0.25) is 10.1 Å². The summed E-state index contributed by atoms with van der Waals surface area (Å²) in [4.78, 5) is 11.4. The number of amidine groups is 1. The monoisotopic (exact) mass is 557 g/mol. The van der Waals surface area contributed by atoms with Gasteiger partial charge in [0, 0.05) is 58.8 Å². The molecule has 1 aromatic heterocycles. The molecule has 1 saturated carbocycles. The molecule has 0 spiro atoms. The Morgan fingerprint density at radius 3 is 2.47 bits per heavy atom. The number of nitrogens with zero attached hydrogens (tertiary/aromatic N) is 4. The minimum Gasteiger partial charge on any atom is -0.404 e. The maximum absolute atomic E-state index is 14.9. The van der Waals surface area contributed by atoms with Crippen molar-refractivity contribution in [1.82, 2.24) is 10.2 Å². The molecular weight excluding hydrogens is 524 g/mol. The first-order valence-corrected chi connectivity index (χ1v) is 14.7. The van der Waals surface area contributed by atoms with Gasteiger partial charge >= 0.3 is 0 Å². The zero-order valence-electron chi connectivity index (χ0n) is 22.0. The van der Waals surface area contributed by atoms with Crippen LogP contribution in [0.25, 0.3) is 0 Å². The zero-order chi connectivity index (χ0) is 27.4. The Hall–Kier alpha value is -3.05. The summed E-state index contributed by atoms with van der Waals surface area (Å²) in [6, 6.07) is 4.79. The highest BCUT2D eigenvalue weighted by atomic mass is 32.2. The first-order valence-electron chi connectivity index (χ1n) is 12.3. The van der Waals surface area contributed by atoms with E-state index in [1.807, 2.05) is 24.8 Å². The molecular formula is C27H33F2N7S2. The summed E-state index contributed by atoms with van der Waals surface area (Å²) in [6.07, 6.45) is 7.01. The number of aliphatic imine (C=N–C) groups is 2. The van der Waals surface area contributed by atoms with Crippen LogP contribution in [-0.2, 0) is 0 Å². The van der Waals surface area contributed by atoms with E-state index in [9.17, 15) is 8.78 Å². The van der Waals surface area contributed by atoms with Crippen molar-refractivity contribution < 1.29 is 8.78 Å². The summed E-state index contributed by atoms with van der Waals surface area (Å²) in [6.45, 7) is 7.97. The van der Waals surface area contributed by atoms with Gasteiger partial charge in [-0.1, -0.05) is 6.58 Å². The van der Waals surface area contributed by atoms with Crippen LogP contribution in [0.1, 0.15) is 25.5 Å².